The maximum Gasteiger partial charge on any atom is 0.252 e. The molecule has 26 heavy (non-hydrogen) atoms. The summed E-state index contributed by atoms with van der Waals surface area (Å²) in [6.07, 6.45) is 5.68. The molecular formula is C19H28ClN3O3. The van der Waals surface area contributed by atoms with E-state index in [1.807, 2.05) is 0 Å². The molecule has 6 nitrogen and oxygen atoms in total. The monoisotopic (exact) mass is 381 g/mol. The number of piperidine rings is 1. The van der Waals surface area contributed by atoms with Crippen LogP contribution in [0, 0.1) is 5.92 Å². The van der Waals surface area contributed by atoms with Gasteiger partial charge < -0.3 is 25.8 Å². The van der Waals surface area contributed by atoms with Gasteiger partial charge in [0.2, 0.25) is 0 Å². The third-order valence-electron chi connectivity index (χ3n) is 5.32. The Morgan fingerprint density at radius 2 is 2.08 bits per heavy atom. The highest BCUT2D eigenvalue weighted by Crippen LogP contribution is 2.45. The molecule has 1 saturated heterocycles. The van der Waals surface area contributed by atoms with Crippen molar-refractivity contribution in [2.24, 2.45) is 11.7 Å². The molecule has 0 aliphatic carbocycles. The lowest BCUT2D eigenvalue weighted by Gasteiger charge is -2.35. The van der Waals surface area contributed by atoms with E-state index in [1.165, 1.54) is 38.3 Å². The first-order chi connectivity index (χ1) is 12.5. The van der Waals surface area contributed by atoms with Gasteiger partial charge in [-0.15, -0.1) is 0 Å². The van der Waals surface area contributed by atoms with Crippen LogP contribution in [-0.4, -0.2) is 43.2 Å². The summed E-state index contributed by atoms with van der Waals surface area (Å²) >= 11 is 6.12. The van der Waals surface area contributed by atoms with Crippen LogP contribution < -0.4 is 20.9 Å². The number of amides is 1. The molecule has 1 amide bonds. The van der Waals surface area contributed by atoms with Gasteiger partial charge >= 0.3 is 0 Å². The predicted molar refractivity (Wildman–Crippen MR) is 103 cm³/mol. The molecule has 0 radical (unpaired) electrons. The third kappa shape index (κ3) is 4.18. The zero-order valence-electron chi connectivity index (χ0n) is 15.3. The molecule has 0 bridgehead atoms. The Balaban J connectivity index is 1.62. The number of carbonyl (C=O) groups excluding carboxylic acids is 1. The second kappa shape index (κ2) is 8.35. The fourth-order valence-electron chi connectivity index (χ4n) is 3.76. The fraction of sp³-hybridized carbons (Fsp3) is 0.632. The summed E-state index contributed by atoms with van der Waals surface area (Å²) in [6.45, 7) is 6.12. The highest BCUT2D eigenvalue weighted by atomic mass is 35.5. The number of anilines is 1. The molecule has 4 N–H and O–H groups in total. The molecule has 1 aromatic rings. The molecule has 1 fully saturated rings. The largest absolute Gasteiger partial charge is 0.485 e. The number of rotatable bonds is 6. The normalized spacial score (nSPS) is 20.9. The highest BCUT2D eigenvalue weighted by Gasteiger charge is 2.31. The van der Waals surface area contributed by atoms with E-state index < -0.39 is 5.91 Å². The van der Waals surface area contributed by atoms with Crippen molar-refractivity contribution < 1.29 is 14.3 Å². The maximum absolute atomic E-state index is 11.6. The number of hydrogen-bond donors (Lipinski definition) is 2. The van der Waals surface area contributed by atoms with Crippen molar-refractivity contribution in [3.8, 4) is 11.5 Å². The Bertz CT molecular complexity index is 660. The number of unbranched alkanes of at least 4 members (excludes halogenated alkanes) is 1. The first kappa shape index (κ1) is 19.1. The standard InChI is InChI=1S/C19H28ClN3O3/c1-2-3-6-23-7-4-12(5-8-23)9-13-11-25-17-14(19(22)24)10-15(20)16(21)18(17)26-13/h10,12-13H,2-9,11,21H2,1H3,(H2,22,24). The molecule has 3 rings (SSSR count). The molecule has 1 unspecified atom stereocenters. The Kier molecular flexibility index (Phi) is 6.14. The summed E-state index contributed by atoms with van der Waals surface area (Å²) in [7, 11) is 0. The zero-order valence-corrected chi connectivity index (χ0v) is 16.1. The number of benzene rings is 1. The summed E-state index contributed by atoms with van der Waals surface area (Å²) in [5.74, 6) is 0.664. The Morgan fingerprint density at radius 1 is 1.35 bits per heavy atom. The van der Waals surface area contributed by atoms with Crippen LogP contribution in [-0.2, 0) is 0 Å². The van der Waals surface area contributed by atoms with Crippen LogP contribution in [0.2, 0.25) is 5.02 Å². The van der Waals surface area contributed by atoms with Gasteiger partial charge in [0, 0.05) is 0 Å². The number of nitrogen functional groups attached to an aromatic ring is 1. The number of nitrogens with zero attached hydrogens (tertiary/aromatic N) is 1. The molecule has 1 atom stereocenters. The minimum atomic E-state index is -0.607. The van der Waals surface area contributed by atoms with Gasteiger partial charge in [-0.25, -0.2) is 0 Å². The summed E-state index contributed by atoms with van der Waals surface area (Å²) in [5.41, 5.74) is 12.0. The van der Waals surface area contributed by atoms with Crippen LogP contribution >= 0.6 is 11.6 Å². The molecule has 2 heterocycles. The van der Waals surface area contributed by atoms with Gasteiger partial charge in [-0.2, -0.15) is 0 Å². The number of hydrogen-bond acceptors (Lipinski definition) is 5. The lowest BCUT2D eigenvalue weighted by Crippen LogP contribution is -2.38. The second-order valence-electron chi connectivity index (χ2n) is 7.27. The van der Waals surface area contributed by atoms with Crippen LogP contribution in [0.4, 0.5) is 5.69 Å². The molecule has 2 aliphatic heterocycles. The Labute approximate surface area is 159 Å². The van der Waals surface area contributed by atoms with Crippen LogP contribution in [0.1, 0.15) is 49.4 Å². The Morgan fingerprint density at radius 3 is 2.73 bits per heavy atom. The third-order valence-corrected chi connectivity index (χ3v) is 5.63. The quantitative estimate of drug-likeness (QED) is 0.739. The molecule has 0 spiro atoms. The lowest BCUT2D eigenvalue weighted by molar-refractivity contribution is 0.0586. The number of nitrogens with two attached hydrogens (primary N) is 2. The smallest absolute Gasteiger partial charge is 0.252 e. The van der Waals surface area contributed by atoms with E-state index in [9.17, 15) is 4.79 Å². The van der Waals surface area contributed by atoms with Gasteiger partial charge in [-0.05, 0) is 57.3 Å². The fourth-order valence-corrected chi connectivity index (χ4v) is 3.95. The van der Waals surface area contributed by atoms with Gasteiger partial charge in [-0.3, -0.25) is 4.79 Å². The van der Waals surface area contributed by atoms with Gasteiger partial charge in [-0.1, -0.05) is 24.9 Å². The van der Waals surface area contributed by atoms with E-state index in [4.69, 9.17) is 32.5 Å². The van der Waals surface area contributed by atoms with Crippen molar-refractivity contribution in [2.75, 3.05) is 32.0 Å². The number of ether oxygens (including phenoxy) is 2. The molecule has 0 aromatic heterocycles. The van der Waals surface area contributed by atoms with E-state index in [0.29, 0.717) is 29.7 Å². The van der Waals surface area contributed by atoms with Crippen molar-refractivity contribution >= 4 is 23.2 Å². The molecular weight excluding hydrogens is 354 g/mol. The number of carbonyl (C=O) groups is 1. The van der Waals surface area contributed by atoms with Crippen LogP contribution in [0.15, 0.2) is 6.07 Å². The van der Waals surface area contributed by atoms with Gasteiger partial charge in [0.25, 0.3) is 5.91 Å². The van der Waals surface area contributed by atoms with E-state index >= 15 is 0 Å². The van der Waals surface area contributed by atoms with E-state index in [-0.39, 0.29) is 16.7 Å². The molecule has 0 saturated carbocycles. The molecule has 2 aliphatic rings. The molecule has 144 valence electrons. The van der Waals surface area contributed by atoms with Crippen molar-refractivity contribution in [1.29, 1.82) is 0 Å². The van der Waals surface area contributed by atoms with Crippen LogP contribution in [0.5, 0.6) is 11.5 Å². The average molecular weight is 382 g/mol. The number of primary amides is 1. The van der Waals surface area contributed by atoms with E-state index in [0.717, 1.165) is 19.5 Å². The van der Waals surface area contributed by atoms with Crippen molar-refractivity contribution in [3.63, 3.8) is 0 Å². The summed E-state index contributed by atoms with van der Waals surface area (Å²) in [4.78, 5) is 14.2. The van der Waals surface area contributed by atoms with Gasteiger partial charge in [0.1, 0.15) is 12.7 Å². The van der Waals surface area contributed by atoms with Crippen LogP contribution in [0.3, 0.4) is 0 Å². The number of fused-ring (bicyclic) bond motifs is 1. The van der Waals surface area contributed by atoms with Gasteiger partial charge in [0.15, 0.2) is 11.5 Å². The average Bonchev–Trinajstić information content (AvgIpc) is 2.64. The van der Waals surface area contributed by atoms with Crippen molar-refractivity contribution in [1.82, 2.24) is 4.90 Å². The highest BCUT2D eigenvalue weighted by molar-refractivity contribution is 6.34. The summed E-state index contributed by atoms with van der Waals surface area (Å²) in [6, 6.07) is 1.44. The predicted octanol–water partition coefficient (Wildman–Crippen LogP) is 3.06. The lowest BCUT2D eigenvalue weighted by atomic mass is 9.91. The van der Waals surface area contributed by atoms with Gasteiger partial charge in [0.05, 0.1) is 16.3 Å². The summed E-state index contributed by atoms with van der Waals surface area (Å²) in [5, 5.41) is 0.256. The second-order valence-corrected chi connectivity index (χ2v) is 7.67. The van der Waals surface area contributed by atoms with E-state index in [2.05, 4.69) is 11.8 Å². The Hall–Kier alpha value is -1.66. The number of halogens is 1. The van der Waals surface area contributed by atoms with Crippen LogP contribution in [0.25, 0.3) is 0 Å². The first-order valence-electron chi connectivity index (χ1n) is 9.43. The molecule has 7 heteroatoms. The SMILES string of the molecule is CCCCN1CCC(CC2COc3c(C(N)=O)cc(Cl)c(N)c3O2)CC1. The minimum absolute atomic E-state index is 0.0869. The van der Waals surface area contributed by atoms with Crippen molar-refractivity contribution in [3.05, 3.63) is 16.7 Å². The minimum Gasteiger partial charge on any atom is -0.485 e. The summed E-state index contributed by atoms with van der Waals surface area (Å²) < 4.78 is 11.9. The van der Waals surface area contributed by atoms with E-state index in [1.54, 1.807) is 0 Å². The first-order valence-corrected chi connectivity index (χ1v) is 9.81. The number of likely N-dealkylation sites (tertiary alicyclic amines) is 1. The zero-order chi connectivity index (χ0) is 18.7. The topological polar surface area (TPSA) is 90.8 Å². The van der Waals surface area contributed by atoms with Crippen molar-refractivity contribution in [2.45, 2.75) is 45.1 Å². The molecule has 1 aromatic carbocycles. The maximum atomic E-state index is 11.6.